The Morgan fingerprint density at radius 3 is 2.42 bits per heavy atom. The smallest absolute Gasteiger partial charge is 0.157 e. The maximum Gasteiger partial charge on any atom is 0.157 e. The van der Waals surface area contributed by atoms with Crippen LogP contribution in [0.25, 0.3) is 0 Å². The van der Waals surface area contributed by atoms with E-state index in [4.69, 9.17) is 0 Å². The third-order valence-corrected chi connectivity index (χ3v) is 5.67. The van der Waals surface area contributed by atoms with Gasteiger partial charge in [0.15, 0.2) is 5.78 Å². The summed E-state index contributed by atoms with van der Waals surface area (Å²) in [6.07, 6.45) is 5.61. The summed E-state index contributed by atoms with van der Waals surface area (Å²) in [6, 6.07) is 4.07. The molecule has 0 saturated carbocycles. The molecule has 0 atom stereocenters. The van der Waals surface area contributed by atoms with Gasteiger partial charge in [-0.3, -0.25) is 9.69 Å². The van der Waals surface area contributed by atoms with E-state index >= 15 is 0 Å². The Balaban J connectivity index is 2.02. The monoisotopic (exact) mass is 343 g/mol. The first-order chi connectivity index (χ1) is 9.00. The van der Waals surface area contributed by atoms with Crippen LogP contribution in [-0.4, -0.2) is 29.3 Å². The summed E-state index contributed by atoms with van der Waals surface area (Å²) in [4.78, 5) is 16.1. The van der Waals surface area contributed by atoms with E-state index < -0.39 is 0 Å². The van der Waals surface area contributed by atoms with E-state index in [1.807, 2.05) is 12.1 Å². The molecule has 0 radical (unpaired) electrons. The molecule has 0 spiro atoms. The maximum absolute atomic E-state index is 12.6. The Morgan fingerprint density at radius 1 is 1.26 bits per heavy atom. The summed E-state index contributed by atoms with van der Waals surface area (Å²) in [7, 11) is 0. The molecule has 0 amide bonds. The lowest BCUT2D eigenvalue weighted by atomic mass is 9.93. The van der Waals surface area contributed by atoms with E-state index in [1.54, 1.807) is 11.3 Å². The highest BCUT2D eigenvalue weighted by molar-refractivity contribution is 9.11. The van der Waals surface area contributed by atoms with Gasteiger partial charge in [0.25, 0.3) is 0 Å². The molecule has 1 fully saturated rings. The number of carbonyl (C=O) groups is 1. The number of carbonyl (C=O) groups excluding carboxylic acids is 1. The van der Waals surface area contributed by atoms with Crippen LogP contribution in [0.2, 0.25) is 0 Å². The number of nitrogens with zero attached hydrogens (tertiary/aromatic N) is 1. The number of likely N-dealkylation sites (tertiary alicyclic amines) is 1. The van der Waals surface area contributed by atoms with Gasteiger partial charge in [-0.1, -0.05) is 12.8 Å². The number of hydrogen-bond acceptors (Lipinski definition) is 3. The molecule has 2 rings (SSSR count). The molecule has 1 aromatic rings. The lowest BCUT2D eigenvalue weighted by Gasteiger charge is -2.36. The molecule has 4 heteroatoms. The second-order valence-corrected chi connectivity index (χ2v) is 8.31. The summed E-state index contributed by atoms with van der Waals surface area (Å²) in [5.41, 5.74) is -0.333. The molecule has 0 unspecified atom stereocenters. The van der Waals surface area contributed by atoms with Crippen LogP contribution in [0.4, 0.5) is 0 Å². The van der Waals surface area contributed by atoms with Crippen LogP contribution in [0, 0.1) is 0 Å². The van der Waals surface area contributed by atoms with E-state index in [2.05, 4.69) is 34.7 Å². The summed E-state index contributed by atoms with van der Waals surface area (Å²) in [5, 5.41) is 0. The van der Waals surface area contributed by atoms with Crippen molar-refractivity contribution in [3.05, 3.63) is 20.8 Å². The molecule has 0 aromatic carbocycles. The molecule has 1 aliphatic heterocycles. The topological polar surface area (TPSA) is 20.3 Å². The average Bonchev–Trinajstić information content (AvgIpc) is 2.63. The molecule has 2 heterocycles. The molecule has 1 saturated heterocycles. The Kier molecular flexibility index (Phi) is 5.21. The highest BCUT2D eigenvalue weighted by Gasteiger charge is 2.34. The van der Waals surface area contributed by atoms with Crippen molar-refractivity contribution in [3.63, 3.8) is 0 Å². The summed E-state index contributed by atoms with van der Waals surface area (Å²) >= 11 is 5.12. The van der Waals surface area contributed by atoms with Crippen molar-refractivity contribution in [2.24, 2.45) is 0 Å². The van der Waals surface area contributed by atoms with Crippen molar-refractivity contribution in [2.75, 3.05) is 13.1 Å². The van der Waals surface area contributed by atoms with Crippen LogP contribution in [0.15, 0.2) is 15.9 Å². The highest BCUT2D eigenvalue weighted by Crippen LogP contribution is 2.26. The number of hydrogen-bond donors (Lipinski definition) is 0. The van der Waals surface area contributed by atoms with Gasteiger partial charge in [-0.05, 0) is 67.8 Å². The van der Waals surface area contributed by atoms with Gasteiger partial charge in [-0.2, -0.15) is 0 Å². The van der Waals surface area contributed by atoms with E-state index in [1.165, 1.54) is 25.7 Å². The van der Waals surface area contributed by atoms with Crippen LogP contribution < -0.4 is 0 Å². The predicted octanol–water partition coefficient (Wildman–Crippen LogP) is 4.28. The predicted molar refractivity (Wildman–Crippen MR) is 84.9 cm³/mol. The van der Waals surface area contributed by atoms with Gasteiger partial charge in [0, 0.05) is 11.3 Å². The molecule has 2 nitrogen and oxygen atoms in total. The van der Waals surface area contributed by atoms with Crippen LogP contribution in [0.3, 0.4) is 0 Å². The molecular formula is C15H22BrNOS. The zero-order valence-electron chi connectivity index (χ0n) is 11.7. The van der Waals surface area contributed by atoms with Crippen molar-refractivity contribution in [3.8, 4) is 0 Å². The van der Waals surface area contributed by atoms with Crippen molar-refractivity contribution < 1.29 is 4.79 Å². The third-order valence-electron chi connectivity index (χ3n) is 4.04. The number of rotatable bonds is 4. The number of halogens is 1. The minimum Gasteiger partial charge on any atom is -0.297 e. The molecule has 0 N–H and O–H groups in total. The highest BCUT2D eigenvalue weighted by atomic mass is 79.9. The number of thiophene rings is 1. The van der Waals surface area contributed by atoms with Crippen LogP contribution in [0.1, 0.15) is 44.4 Å². The minimum atomic E-state index is -0.333. The van der Waals surface area contributed by atoms with Crippen molar-refractivity contribution in [2.45, 2.75) is 51.5 Å². The fourth-order valence-electron chi connectivity index (χ4n) is 2.63. The van der Waals surface area contributed by atoms with E-state index in [0.717, 1.165) is 21.8 Å². The quantitative estimate of drug-likeness (QED) is 0.813. The number of ketones is 1. The van der Waals surface area contributed by atoms with Gasteiger partial charge in [0.2, 0.25) is 0 Å². The second kappa shape index (κ2) is 6.51. The van der Waals surface area contributed by atoms with Crippen molar-refractivity contribution in [1.82, 2.24) is 4.90 Å². The van der Waals surface area contributed by atoms with Gasteiger partial charge in [-0.25, -0.2) is 0 Å². The Morgan fingerprint density at radius 2 is 1.89 bits per heavy atom. The van der Waals surface area contributed by atoms with Gasteiger partial charge in [0.1, 0.15) is 0 Å². The Hall–Kier alpha value is -0.190. The average molecular weight is 344 g/mol. The van der Waals surface area contributed by atoms with Crippen LogP contribution >= 0.6 is 27.3 Å². The van der Waals surface area contributed by atoms with E-state index in [-0.39, 0.29) is 5.54 Å². The molecule has 106 valence electrons. The molecule has 1 aromatic heterocycles. The van der Waals surface area contributed by atoms with Gasteiger partial charge in [0.05, 0.1) is 9.33 Å². The normalized spacial score (nSPS) is 18.3. The molecule has 1 aliphatic rings. The fraction of sp³-hybridized carbons (Fsp3) is 0.667. The number of Topliss-reactive ketones (excluding diaryl/α,β-unsaturated/α-hetero) is 1. The Bertz CT molecular complexity index is 433. The first-order valence-electron chi connectivity index (χ1n) is 7.03. The molecular weight excluding hydrogens is 322 g/mol. The SMILES string of the molecule is CC(C)(C(=O)Cc1ccc(Br)s1)N1CCCCCC1. The second-order valence-electron chi connectivity index (χ2n) is 5.77. The van der Waals surface area contributed by atoms with E-state index in [0.29, 0.717) is 12.2 Å². The van der Waals surface area contributed by atoms with Gasteiger partial charge >= 0.3 is 0 Å². The van der Waals surface area contributed by atoms with Crippen molar-refractivity contribution in [1.29, 1.82) is 0 Å². The largest absolute Gasteiger partial charge is 0.297 e. The summed E-state index contributed by atoms with van der Waals surface area (Å²) < 4.78 is 1.10. The summed E-state index contributed by atoms with van der Waals surface area (Å²) in [5.74, 6) is 0.337. The molecule has 0 bridgehead atoms. The molecule has 19 heavy (non-hydrogen) atoms. The van der Waals surface area contributed by atoms with Crippen LogP contribution in [-0.2, 0) is 11.2 Å². The standard InChI is InChI=1S/C15H22BrNOS/c1-15(2,17-9-5-3-4-6-10-17)13(18)11-12-7-8-14(16)19-12/h7-8H,3-6,9-11H2,1-2H3. The lowest BCUT2D eigenvalue weighted by molar-refractivity contribution is -0.128. The first-order valence-corrected chi connectivity index (χ1v) is 8.63. The van der Waals surface area contributed by atoms with Gasteiger partial charge in [-0.15, -0.1) is 11.3 Å². The first kappa shape index (κ1) is 15.2. The maximum atomic E-state index is 12.6. The Labute approximate surface area is 128 Å². The van der Waals surface area contributed by atoms with E-state index in [9.17, 15) is 4.79 Å². The fourth-order valence-corrected chi connectivity index (χ4v) is 4.11. The third kappa shape index (κ3) is 3.89. The van der Waals surface area contributed by atoms with Crippen molar-refractivity contribution >= 4 is 33.0 Å². The zero-order chi connectivity index (χ0) is 13.9. The van der Waals surface area contributed by atoms with Gasteiger partial charge < -0.3 is 0 Å². The molecule has 0 aliphatic carbocycles. The summed E-state index contributed by atoms with van der Waals surface area (Å²) in [6.45, 7) is 6.30. The minimum absolute atomic E-state index is 0.333. The van der Waals surface area contributed by atoms with Crippen LogP contribution in [0.5, 0.6) is 0 Å². The zero-order valence-corrected chi connectivity index (χ0v) is 14.1. The lowest BCUT2D eigenvalue weighted by Crippen LogP contribution is -2.51.